The van der Waals surface area contributed by atoms with Crippen molar-refractivity contribution in [3.63, 3.8) is 0 Å². The summed E-state index contributed by atoms with van der Waals surface area (Å²) >= 11 is 6.17. The van der Waals surface area contributed by atoms with Crippen LogP contribution in [0.4, 0.5) is 23.0 Å². The summed E-state index contributed by atoms with van der Waals surface area (Å²) in [4.78, 5) is 8.47. The fourth-order valence-electron chi connectivity index (χ4n) is 2.84. The van der Waals surface area contributed by atoms with Gasteiger partial charge in [0.25, 0.3) is 0 Å². The highest BCUT2D eigenvalue weighted by molar-refractivity contribution is 6.31. The Bertz CT molecular complexity index is 1020. The smallest absolute Gasteiger partial charge is 0.160 e. The predicted octanol–water partition coefficient (Wildman–Crippen LogP) is 3.68. The summed E-state index contributed by atoms with van der Waals surface area (Å²) in [5.74, 6) is 2.11. The average molecular weight is 460 g/mol. The molecule has 0 saturated heterocycles. The van der Waals surface area contributed by atoms with Crippen LogP contribution in [-0.2, 0) is 0 Å². The number of ether oxygens (including phenoxy) is 2. The molecule has 2 aromatic carbocycles. The summed E-state index contributed by atoms with van der Waals surface area (Å²) in [6, 6.07) is 12.0. The zero-order chi connectivity index (χ0) is 22.8. The van der Waals surface area contributed by atoms with Gasteiger partial charge in [0.2, 0.25) is 0 Å². The van der Waals surface area contributed by atoms with Crippen LogP contribution in [0.25, 0.3) is 0 Å². The first-order valence-electron chi connectivity index (χ1n) is 10.1. The van der Waals surface area contributed by atoms with Gasteiger partial charge in [-0.2, -0.15) is 0 Å². The van der Waals surface area contributed by atoms with Gasteiger partial charge in [-0.05, 0) is 43.3 Å². The molecule has 170 valence electrons. The molecule has 0 aliphatic heterocycles. The van der Waals surface area contributed by atoms with E-state index in [1.807, 2.05) is 0 Å². The highest BCUT2D eigenvalue weighted by Gasteiger charge is 2.08. The summed E-state index contributed by atoms with van der Waals surface area (Å²) in [6.45, 7) is 2.00. The van der Waals surface area contributed by atoms with E-state index in [4.69, 9.17) is 26.2 Å². The minimum atomic E-state index is 0.0245. The molecule has 0 atom stereocenters. The van der Waals surface area contributed by atoms with E-state index in [1.54, 1.807) is 42.5 Å². The number of aromatic hydroxyl groups is 1. The quantitative estimate of drug-likeness (QED) is 0.258. The number of hydrogen-bond acceptors (Lipinski definition) is 9. The molecule has 0 aliphatic carbocycles. The van der Waals surface area contributed by atoms with Crippen molar-refractivity contribution in [2.24, 2.45) is 0 Å². The Hall–Kier alpha value is -3.27. The van der Waals surface area contributed by atoms with Crippen molar-refractivity contribution < 1.29 is 19.7 Å². The van der Waals surface area contributed by atoms with Gasteiger partial charge >= 0.3 is 0 Å². The summed E-state index contributed by atoms with van der Waals surface area (Å²) in [5, 5.41) is 28.8. The van der Waals surface area contributed by atoms with Crippen LogP contribution in [0.5, 0.6) is 17.2 Å². The van der Waals surface area contributed by atoms with Crippen molar-refractivity contribution in [3.05, 3.63) is 53.8 Å². The Morgan fingerprint density at radius 1 is 0.969 bits per heavy atom. The molecule has 0 saturated carbocycles. The number of rotatable bonds is 12. The zero-order valence-electron chi connectivity index (χ0n) is 17.6. The molecule has 0 unspecified atom stereocenters. The van der Waals surface area contributed by atoms with E-state index in [9.17, 15) is 5.11 Å². The molecular weight excluding hydrogens is 434 g/mol. The summed E-state index contributed by atoms with van der Waals surface area (Å²) in [5.41, 5.74) is 1.31. The maximum Gasteiger partial charge on any atom is 0.160 e. The molecule has 32 heavy (non-hydrogen) atoms. The number of methoxy groups -OCH3 is 1. The van der Waals surface area contributed by atoms with Gasteiger partial charge in [0, 0.05) is 36.0 Å². The third kappa shape index (κ3) is 6.88. The SMILES string of the molecule is COc1ccc(Nc2cc(Nc3cc(Cl)ccc3OCCNCCCO)ncn2)cc1O. The summed E-state index contributed by atoms with van der Waals surface area (Å²) in [7, 11) is 1.49. The first-order chi connectivity index (χ1) is 15.6. The van der Waals surface area contributed by atoms with Crippen LogP contribution in [0.3, 0.4) is 0 Å². The fourth-order valence-corrected chi connectivity index (χ4v) is 3.01. The molecule has 0 radical (unpaired) electrons. The van der Waals surface area contributed by atoms with Crippen LogP contribution in [0.2, 0.25) is 5.02 Å². The monoisotopic (exact) mass is 459 g/mol. The van der Waals surface area contributed by atoms with Crippen LogP contribution in [0, 0.1) is 0 Å². The molecule has 1 heterocycles. The Kier molecular flexibility index (Phi) is 8.73. The van der Waals surface area contributed by atoms with Gasteiger partial charge in [-0.3, -0.25) is 0 Å². The van der Waals surface area contributed by atoms with Gasteiger partial charge in [-0.15, -0.1) is 0 Å². The highest BCUT2D eigenvalue weighted by atomic mass is 35.5. The number of aliphatic hydroxyl groups is 1. The number of hydrogen-bond donors (Lipinski definition) is 5. The van der Waals surface area contributed by atoms with E-state index < -0.39 is 0 Å². The van der Waals surface area contributed by atoms with Crippen LogP contribution < -0.4 is 25.4 Å². The number of nitrogens with one attached hydrogen (secondary N) is 3. The molecule has 0 aliphatic rings. The Morgan fingerprint density at radius 2 is 1.75 bits per heavy atom. The van der Waals surface area contributed by atoms with Gasteiger partial charge in [0.1, 0.15) is 30.3 Å². The minimum absolute atomic E-state index is 0.0245. The second kappa shape index (κ2) is 11.9. The minimum Gasteiger partial charge on any atom is -0.504 e. The number of phenols is 1. The maximum absolute atomic E-state index is 9.95. The zero-order valence-corrected chi connectivity index (χ0v) is 18.4. The first-order valence-corrected chi connectivity index (χ1v) is 10.4. The second-order valence-corrected chi connectivity index (χ2v) is 7.18. The standard InChI is InChI=1S/C22H26ClN5O4/c1-31-20-6-4-16(12-18(20)30)27-21-13-22(26-14-25-21)28-17-11-15(23)3-5-19(17)32-10-8-24-7-2-9-29/h3-6,11-14,24,29-30H,2,7-10H2,1H3,(H2,25,26,27,28). The molecular formula is C22H26ClN5O4. The van der Waals surface area contributed by atoms with Crippen molar-refractivity contribution in [2.75, 3.05) is 44.0 Å². The maximum atomic E-state index is 9.95. The average Bonchev–Trinajstić information content (AvgIpc) is 2.78. The largest absolute Gasteiger partial charge is 0.504 e. The van der Waals surface area contributed by atoms with Gasteiger partial charge in [0.05, 0.1) is 12.8 Å². The van der Waals surface area contributed by atoms with Crippen molar-refractivity contribution in [1.29, 1.82) is 0 Å². The summed E-state index contributed by atoms with van der Waals surface area (Å²) in [6.07, 6.45) is 2.12. The van der Waals surface area contributed by atoms with E-state index in [-0.39, 0.29) is 12.4 Å². The van der Waals surface area contributed by atoms with Crippen molar-refractivity contribution in [1.82, 2.24) is 15.3 Å². The molecule has 3 rings (SSSR count). The number of benzene rings is 2. The molecule has 0 bridgehead atoms. The molecule has 1 aromatic heterocycles. The molecule has 0 fully saturated rings. The molecule has 9 nitrogen and oxygen atoms in total. The fraction of sp³-hybridized carbons (Fsp3) is 0.273. The molecule has 3 aromatic rings. The number of anilines is 4. The van der Waals surface area contributed by atoms with Crippen molar-refractivity contribution in [2.45, 2.75) is 6.42 Å². The van der Waals surface area contributed by atoms with Crippen LogP contribution >= 0.6 is 11.6 Å². The third-order valence-electron chi connectivity index (χ3n) is 4.37. The third-order valence-corrected chi connectivity index (χ3v) is 4.61. The molecule has 10 heteroatoms. The predicted molar refractivity (Wildman–Crippen MR) is 125 cm³/mol. The van der Waals surface area contributed by atoms with Crippen molar-refractivity contribution in [3.8, 4) is 17.2 Å². The number of aromatic nitrogens is 2. The number of halogens is 1. The lowest BCUT2D eigenvalue weighted by atomic mass is 10.2. The molecule has 5 N–H and O–H groups in total. The Labute approximate surface area is 191 Å². The topological polar surface area (TPSA) is 121 Å². The Balaban J connectivity index is 1.66. The van der Waals surface area contributed by atoms with E-state index in [0.717, 1.165) is 6.54 Å². The van der Waals surface area contributed by atoms with Crippen LogP contribution in [-0.4, -0.2) is 53.6 Å². The van der Waals surface area contributed by atoms with Gasteiger partial charge < -0.3 is 35.6 Å². The molecule has 0 amide bonds. The van der Waals surface area contributed by atoms with Crippen LogP contribution in [0.1, 0.15) is 6.42 Å². The lowest BCUT2D eigenvalue weighted by molar-refractivity contribution is 0.279. The van der Waals surface area contributed by atoms with E-state index >= 15 is 0 Å². The van der Waals surface area contributed by atoms with Gasteiger partial charge in [-0.1, -0.05) is 11.6 Å². The van der Waals surface area contributed by atoms with E-state index in [0.29, 0.717) is 59.1 Å². The second-order valence-electron chi connectivity index (χ2n) is 6.74. The van der Waals surface area contributed by atoms with Gasteiger partial charge in [-0.25, -0.2) is 9.97 Å². The number of nitrogens with zero attached hydrogens (tertiary/aromatic N) is 2. The lowest BCUT2D eigenvalue weighted by Crippen LogP contribution is -2.22. The van der Waals surface area contributed by atoms with E-state index in [1.165, 1.54) is 13.4 Å². The van der Waals surface area contributed by atoms with E-state index in [2.05, 4.69) is 25.9 Å². The summed E-state index contributed by atoms with van der Waals surface area (Å²) < 4.78 is 10.9. The first kappa shape index (κ1) is 23.4. The highest BCUT2D eigenvalue weighted by Crippen LogP contribution is 2.32. The number of phenolic OH excluding ortho intramolecular Hbond substituents is 1. The number of aliphatic hydroxyl groups excluding tert-OH is 1. The van der Waals surface area contributed by atoms with Crippen LogP contribution in [0.15, 0.2) is 48.8 Å². The van der Waals surface area contributed by atoms with Gasteiger partial charge in [0.15, 0.2) is 11.5 Å². The molecule has 0 spiro atoms. The lowest BCUT2D eigenvalue weighted by Gasteiger charge is -2.14. The Morgan fingerprint density at radius 3 is 2.50 bits per heavy atom. The van der Waals surface area contributed by atoms with Crippen molar-refractivity contribution >= 4 is 34.6 Å². The normalized spacial score (nSPS) is 10.6.